The largest absolute Gasteiger partial charge is 0.494 e. The zero-order valence-corrected chi connectivity index (χ0v) is 13.0. The summed E-state index contributed by atoms with van der Waals surface area (Å²) in [5, 5.41) is 0. The fourth-order valence-corrected chi connectivity index (χ4v) is 2.32. The Labute approximate surface area is 130 Å². The fraction of sp³-hybridized carbons (Fsp3) is 0.333. The zero-order chi connectivity index (χ0) is 15.9. The van der Waals surface area contributed by atoms with E-state index in [2.05, 4.69) is 6.92 Å². The van der Waals surface area contributed by atoms with Gasteiger partial charge in [-0.15, -0.1) is 0 Å². The number of aldehydes is 1. The third kappa shape index (κ3) is 3.45. The number of carbonyl (C=O) groups excluding carboxylic acids is 1. The van der Waals surface area contributed by atoms with Gasteiger partial charge >= 0.3 is 0 Å². The highest BCUT2D eigenvalue weighted by molar-refractivity contribution is 5.75. The zero-order valence-electron chi connectivity index (χ0n) is 13.0. The van der Waals surface area contributed by atoms with Crippen molar-refractivity contribution < 1.29 is 9.53 Å². The summed E-state index contributed by atoms with van der Waals surface area (Å²) >= 11 is 0. The highest BCUT2D eigenvalue weighted by atomic mass is 16.5. The van der Waals surface area contributed by atoms with Gasteiger partial charge in [0, 0.05) is 6.54 Å². The highest BCUT2D eigenvalue weighted by Gasteiger charge is 2.09. The Kier molecular flexibility index (Phi) is 5.53. The number of carbonyl (C=O) groups is 1. The topological polar surface area (TPSA) is 48.3 Å². The highest BCUT2D eigenvalue weighted by Crippen LogP contribution is 2.22. The maximum atomic E-state index is 12.3. The molecule has 0 aliphatic carbocycles. The molecule has 0 fully saturated rings. The lowest BCUT2D eigenvalue weighted by atomic mass is 10.1. The van der Waals surface area contributed by atoms with Crippen molar-refractivity contribution in [3.63, 3.8) is 0 Å². The Bertz CT molecular complexity index is 686. The van der Waals surface area contributed by atoms with Gasteiger partial charge in [0.2, 0.25) is 0 Å². The number of aromatic nitrogens is 1. The lowest BCUT2D eigenvalue weighted by Gasteiger charge is -2.13. The third-order valence-electron chi connectivity index (χ3n) is 3.40. The van der Waals surface area contributed by atoms with E-state index in [9.17, 15) is 9.59 Å². The van der Waals surface area contributed by atoms with Crippen LogP contribution in [0.3, 0.4) is 0 Å². The van der Waals surface area contributed by atoms with E-state index in [-0.39, 0.29) is 11.1 Å². The van der Waals surface area contributed by atoms with Crippen molar-refractivity contribution in [1.29, 1.82) is 0 Å². The van der Waals surface area contributed by atoms with Gasteiger partial charge in [-0.05, 0) is 54.8 Å². The average Bonchev–Trinajstić information content (AvgIpc) is 2.55. The van der Waals surface area contributed by atoms with Gasteiger partial charge in [0.1, 0.15) is 5.75 Å². The predicted molar refractivity (Wildman–Crippen MR) is 87.6 cm³/mol. The van der Waals surface area contributed by atoms with E-state index < -0.39 is 0 Å². The summed E-state index contributed by atoms with van der Waals surface area (Å²) in [6.07, 6.45) is 2.40. The Morgan fingerprint density at radius 2 is 1.77 bits per heavy atom. The molecule has 0 aliphatic rings. The van der Waals surface area contributed by atoms with Crippen molar-refractivity contribution in [2.45, 2.75) is 33.2 Å². The molecule has 22 heavy (non-hydrogen) atoms. The molecule has 2 rings (SSSR count). The van der Waals surface area contributed by atoms with Gasteiger partial charge in [-0.2, -0.15) is 0 Å². The second kappa shape index (κ2) is 7.59. The summed E-state index contributed by atoms with van der Waals surface area (Å²) in [5.74, 6) is 0.819. The third-order valence-corrected chi connectivity index (χ3v) is 3.40. The molecular weight excluding hydrogens is 278 g/mol. The van der Waals surface area contributed by atoms with Crippen LogP contribution < -0.4 is 10.3 Å². The standard InChI is InChI=1S/C18H21NO3/c1-3-11-19-17(10-7-15(13-20)18(19)21)14-5-8-16(9-6-14)22-12-4-2/h5-10,13H,3-4,11-12H2,1-2H3. The molecule has 0 unspecified atom stereocenters. The molecular formula is C18H21NO3. The second-order valence-electron chi connectivity index (χ2n) is 5.12. The van der Waals surface area contributed by atoms with E-state index in [1.807, 2.05) is 37.3 Å². The lowest BCUT2D eigenvalue weighted by Crippen LogP contribution is -2.24. The Morgan fingerprint density at radius 1 is 1.05 bits per heavy atom. The Hall–Kier alpha value is -2.36. The smallest absolute Gasteiger partial charge is 0.261 e. The number of rotatable bonds is 7. The van der Waals surface area contributed by atoms with Gasteiger partial charge in [-0.3, -0.25) is 9.59 Å². The SMILES string of the molecule is CCCOc1ccc(-c2ccc(C=O)c(=O)n2CCC)cc1. The maximum Gasteiger partial charge on any atom is 0.261 e. The minimum atomic E-state index is -0.236. The van der Waals surface area contributed by atoms with Crippen LogP contribution in [-0.4, -0.2) is 17.5 Å². The van der Waals surface area contributed by atoms with Crippen LogP contribution in [0.4, 0.5) is 0 Å². The molecule has 1 heterocycles. The molecule has 0 amide bonds. The molecule has 1 aromatic heterocycles. The molecule has 0 saturated carbocycles. The van der Waals surface area contributed by atoms with E-state index in [4.69, 9.17) is 4.74 Å². The summed E-state index contributed by atoms with van der Waals surface area (Å²) in [4.78, 5) is 23.2. The first kappa shape index (κ1) is 16.0. The van der Waals surface area contributed by atoms with Gasteiger partial charge in [0.15, 0.2) is 6.29 Å². The van der Waals surface area contributed by atoms with Gasteiger partial charge < -0.3 is 9.30 Å². The number of pyridine rings is 1. The van der Waals surface area contributed by atoms with E-state index in [0.717, 1.165) is 29.8 Å². The molecule has 4 nitrogen and oxygen atoms in total. The molecule has 0 radical (unpaired) electrons. The monoisotopic (exact) mass is 299 g/mol. The first-order valence-corrected chi connectivity index (χ1v) is 7.63. The predicted octanol–water partition coefficient (Wildman–Crippen LogP) is 3.53. The molecule has 0 aliphatic heterocycles. The lowest BCUT2D eigenvalue weighted by molar-refractivity contribution is 0.112. The number of ether oxygens (including phenoxy) is 1. The normalized spacial score (nSPS) is 10.5. The number of nitrogens with zero attached hydrogens (tertiary/aromatic N) is 1. The van der Waals surface area contributed by atoms with Crippen molar-refractivity contribution in [2.75, 3.05) is 6.61 Å². The number of hydrogen-bond acceptors (Lipinski definition) is 3. The van der Waals surface area contributed by atoms with Crippen LogP contribution in [-0.2, 0) is 6.54 Å². The van der Waals surface area contributed by atoms with Crippen LogP contribution in [0, 0.1) is 0 Å². The number of benzene rings is 1. The second-order valence-corrected chi connectivity index (χ2v) is 5.12. The summed E-state index contributed by atoms with van der Waals surface area (Å²) in [7, 11) is 0. The molecule has 0 saturated heterocycles. The minimum absolute atomic E-state index is 0.195. The maximum absolute atomic E-state index is 12.3. The number of hydrogen-bond donors (Lipinski definition) is 0. The van der Waals surface area contributed by atoms with Crippen molar-refractivity contribution in [3.8, 4) is 17.0 Å². The van der Waals surface area contributed by atoms with Crippen LogP contribution in [0.25, 0.3) is 11.3 Å². The minimum Gasteiger partial charge on any atom is -0.494 e. The van der Waals surface area contributed by atoms with E-state index in [1.54, 1.807) is 10.6 Å². The van der Waals surface area contributed by atoms with Crippen molar-refractivity contribution >= 4 is 6.29 Å². The Morgan fingerprint density at radius 3 is 2.36 bits per heavy atom. The van der Waals surface area contributed by atoms with Crippen LogP contribution in [0.2, 0.25) is 0 Å². The summed E-state index contributed by atoms with van der Waals surface area (Å²) in [6, 6.07) is 11.1. The fourth-order valence-electron chi connectivity index (χ4n) is 2.32. The summed E-state index contributed by atoms with van der Waals surface area (Å²) in [5.41, 5.74) is 1.71. The molecule has 0 spiro atoms. The van der Waals surface area contributed by atoms with Crippen molar-refractivity contribution in [1.82, 2.24) is 4.57 Å². The van der Waals surface area contributed by atoms with Crippen LogP contribution in [0.5, 0.6) is 5.75 Å². The van der Waals surface area contributed by atoms with Crippen molar-refractivity contribution in [2.24, 2.45) is 0 Å². The van der Waals surface area contributed by atoms with Gasteiger partial charge in [0.25, 0.3) is 5.56 Å². The van der Waals surface area contributed by atoms with Gasteiger partial charge in [0.05, 0.1) is 17.9 Å². The first-order chi connectivity index (χ1) is 10.7. The first-order valence-electron chi connectivity index (χ1n) is 7.63. The van der Waals surface area contributed by atoms with Gasteiger partial charge in [-0.25, -0.2) is 0 Å². The molecule has 116 valence electrons. The Balaban J connectivity index is 2.41. The van der Waals surface area contributed by atoms with Crippen molar-refractivity contribution in [3.05, 3.63) is 52.3 Å². The average molecular weight is 299 g/mol. The van der Waals surface area contributed by atoms with Crippen LogP contribution in [0.1, 0.15) is 37.0 Å². The van der Waals surface area contributed by atoms with Crippen LogP contribution in [0.15, 0.2) is 41.2 Å². The molecule has 4 heteroatoms. The van der Waals surface area contributed by atoms with E-state index >= 15 is 0 Å². The molecule has 2 aromatic rings. The molecule has 0 atom stereocenters. The quantitative estimate of drug-likeness (QED) is 0.735. The molecule has 0 bridgehead atoms. The van der Waals surface area contributed by atoms with Crippen LogP contribution >= 0.6 is 0 Å². The molecule has 1 aromatic carbocycles. The van der Waals surface area contributed by atoms with E-state index in [1.165, 1.54) is 0 Å². The van der Waals surface area contributed by atoms with E-state index in [0.29, 0.717) is 19.4 Å². The van der Waals surface area contributed by atoms with Gasteiger partial charge in [-0.1, -0.05) is 13.8 Å². The summed E-state index contributed by atoms with van der Waals surface area (Å²) in [6.45, 7) is 5.34. The molecule has 0 N–H and O–H groups in total. The summed E-state index contributed by atoms with van der Waals surface area (Å²) < 4.78 is 7.23.